The summed E-state index contributed by atoms with van der Waals surface area (Å²) in [6, 6.07) is 2.37. The molecule has 0 nitrogen and oxygen atoms in total. The van der Waals surface area contributed by atoms with E-state index in [4.69, 9.17) is 0 Å². The summed E-state index contributed by atoms with van der Waals surface area (Å²) in [5, 5.41) is 0. The zero-order chi connectivity index (χ0) is 11.3. The van der Waals surface area contributed by atoms with E-state index in [1.165, 1.54) is 15.3 Å². The first-order chi connectivity index (χ1) is 6.52. The van der Waals surface area contributed by atoms with Crippen LogP contribution in [0.25, 0.3) is 0 Å². The van der Waals surface area contributed by atoms with Gasteiger partial charge in [0.25, 0.3) is 0 Å². The molecule has 0 fully saturated rings. The summed E-state index contributed by atoms with van der Waals surface area (Å²) in [7, 11) is 0. The van der Waals surface area contributed by atoms with Gasteiger partial charge in [-0.15, -0.1) is 11.3 Å². The molecule has 0 amide bonds. The zero-order valence-electron chi connectivity index (χ0n) is 10.6. The van der Waals surface area contributed by atoms with Crippen molar-refractivity contribution in [3.63, 3.8) is 0 Å². The molecule has 0 N–H and O–H groups in total. The Kier molecular flexibility index (Phi) is 6.10. The van der Waals surface area contributed by atoms with Crippen LogP contribution >= 0.6 is 11.3 Å². The van der Waals surface area contributed by atoms with Crippen LogP contribution in [-0.4, -0.2) is 0 Å². The second kappa shape index (κ2) is 6.23. The number of rotatable bonds is 2. The highest BCUT2D eigenvalue weighted by molar-refractivity contribution is 7.12. The van der Waals surface area contributed by atoms with E-state index < -0.39 is 0 Å². The van der Waals surface area contributed by atoms with Crippen molar-refractivity contribution in [3.8, 4) is 0 Å². The summed E-state index contributed by atoms with van der Waals surface area (Å²) < 4.78 is 0. The molecule has 1 aromatic heterocycles. The van der Waals surface area contributed by atoms with Crippen LogP contribution in [0.3, 0.4) is 0 Å². The fourth-order valence-electron chi connectivity index (χ4n) is 1.38. The smallest absolute Gasteiger partial charge is 0.00764 e. The topological polar surface area (TPSA) is 0 Å². The highest BCUT2D eigenvalue weighted by Gasteiger charge is 2.10. The van der Waals surface area contributed by atoms with Gasteiger partial charge in [-0.3, -0.25) is 0 Å². The largest absolute Gasteiger partial charge is 0.145 e. The Bertz CT molecular complexity index is 256. The molecule has 0 radical (unpaired) electrons. The maximum atomic E-state index is 2.37. The van der Waals surface area contributed by atoms with Crippen LogP contribution in [0.2, 0.25) is 0 Å². The van der Waals surface area contributed by atoms with Crippen LogP contribution in [0.15, 0.2) is 6.07 Å². The highest BCUT2D eigenvalue weighted by atomic mass is 32.1. The fourth-order valence-corrected chi connectivity index (χ4v) is 2.57. The number of thiophene rings is 1. The van der Waals surface area contributed by atoms with Crippen LogP contribution in [0.1, 0.15) is 68.7 Å². The summed E-state index contributed by atoms with van der Waals surface area (Å²) in [5.74, 6) is 1.36. The van der Waals surface area contributed by atoms with Crippen LogP contribution < -0.4 is 0 Å². The predicted octanol–water partition coefficient (Wildman–Crippen LogP) is 5.33. The van der Waals surface area contributed by atoms with Gasteiger partial charge in [0.15, 0.2) is 0 Å². The van der Waals surface area contributed by atoms with Crippen LogP contribution in [0.4, 0.5) is 0 Å². The van der Waals surface area contributed by atoms with Gasteiger partial charge in [0, 0.05) is 9.75 Å². The lowest BCUT2D eigenvalue weighted by molar-refractivity contribution is 0.851. The third-order valence-electron chi connectivity index (χ3n) is 2.17. The second-order valence-corrected chi connectivity index (χ2v) is 5.26. The van der Waals surface area contributed by atoms with Crippen LogP contribution in [-0.2, 0) is 0 Å². The molecule has 0 aliphatic rings. The highest BCUT2D eigenvalue weighted by Crippen LogP contribution is 2.31. The fraction of sp³-hybridized carbons (Fsp3) is 0.692. The van der Waals surface area contributed by atoms with Crippen molar-refractivity contribution in [2.45, 2.75) is 60.3 Å². The maximum Gasteiger partial charge on any atom is 0.00764 e. The molecule has 0 unspecified atom stereocenters. The SMILES string of the molecule is CC.Cc1sc(C(C)C)cc1C(C)C. The molecule has 0 aliphatic carbocycles. The van der Waals surface area contributed by atoms with Gasteiger partial charge in [0.05, 0.1) is 0 Å². The normalized spacial score (nSPS) is 10.4. The van der Waals surface area contributed by atoms with E-state index in [0.717, 1.165) is 0 Å². The molecule has 1 aromatic rings. The molecule has 1 rings (SSSR count). The maximum absolute atomic E-state index is 2.37. The van der Waals surface area contributed by atoms with E-state index in [0.29, 0.717) is 11.8 Å². The second-order valence-electron chi connectivity index (χ2n) is 3.97. The molecule has 0 bridgehead atoms. The Morgan fingerprint density at radius 3 is 1.71 bits per heavy atom. The number of hydrogen-bond acceptors (Lipinski definition) is 1. The molecule has 1 heterocycles. The molecule has 0 spiro atoms. The summed E-state index contributed by atoms with van der Waals surface area (Å²) in [4.78, 5) is 3.02. The average molecular weight is 212 g/mol. The van der Waals surface area contributed by atoms with Gasteiger partial charge in [-0.25, -0.2) is 0 Å². The minimum absolute atomic E-state index is 0.675. The third-order valence-corrected chi connectivity index (χ3v) is 3.53. The van der Waals surface area contributed by atoms with Gasteiger partial charge in [0.1, 0.15) is 0 Å². The Labute approximate surface area is 93.4 Å². The molecule has 0 aromatic carbocycles. The molecule has 0 saturated carbocycles. The van der Waals surface area contributed by atoms with Crippen LogP contribution in [0, 0.1) is 6.92 Å². The van der Waals surface area contributed by atoms with Gasteiger partial charge >= 0.3 is 0 Å². The molecule has 0 saturated heterocycles. The van der Waals surface area contributed by atoms with E-state index in [1.54, 1.807) is 0 Å². The average Bonchev–Trinajstić information content (AvgIpc) is 2.51. The standard InChI is InChI=1S/C11H18S.C2H6/c1-7(2)10-6-11(8(3)4)12-9(10)5;1-2/h6-8H,1-5H3;1-2H3. The summed E-state index contributed by atoms with van der Waals surface area (Å²) in [5.41, 5.74) is 1.53. The van der Waals surface area contributed by atoms with Gasteiger partial charge < -0.3 is 0 Å². The molecular weight excluding hydrogens is 188 g/mol. The number of hydrogen-bond donors (Lipinski definition) is 0. The van der Waals surface area contributed by atoms with Crippen molar-refractivity contribution in [1.82, 2.24) is 0 Å². The summed E-state index contributed by atoms with van der Waals surface area (Å²) in [6.45, 7) is 15.3. The Morgan fingerprint density at radius 2 is 1.50 bits per heavy atom. The van der Waals surface area contributed by atoms with Crippen molar-refractivity contribution >= 4 is 11.3 Å². The van der Waals surface area contributed by atoms with Crippen molar-refractivity contribution in [1.29, 1.82) is 0 Å². The van der Waals surface area contributed by atoms with Crippen molar-refractivity contribution < 1.29 is 0 Å². The Hall–Kier alpha value is -0.300. The number of aryl methyl sites for hydroxylation is 1. The predicted molar refractivity (Wildman–Crippen MR) is 68.6 cm³/mol. The van der Waals surface area contributed by atoms with Gasteiger partial charge in [-0.2, -0.15) is 0 Å². The summed E-state index contributed by atoms with van der Waals surface area (Å²) >= 11 is 1.95. The Morgan fingerprint density at radius 1 is 1.00 bits per heavy atom. The molecule has 82 valence electrons. The first kappa shape index (κ1) is 13.7. The van der Waals surface area contributed by atoms with Crippen LogP contribution in [0.5, 0.6) is 0 Å². The summed E-state index contributed by atoms with van der Waals surface area (Å²) in [6.07, 6.45) is 0. The minimum atomic E-state index is 0.675. The van der Waals surface area contributed by atoms with E-state index in [-0.39, 0.29) is 0 Å². The lowest BCUT2D eigenvalue weighted by atomic mass is 10.0. The quantitative estimate of drug-likeness (QED) is 0.621. The molecule has 0 aliphatic heterocycles. The van der Waals surface area contributed by atoms with Crippen molar-refractivity contribution in [2.24, 2.45) is 0 Å². The zero-order valence-corrected chi connectivity index (χ0v) is 11.5. The monoisotopic (exact) mass is 212 g/mol. The molecular formula is C13H24S. The van der Waals surface area contributed by atoms with Gasteiger partial charge in [-0.05, 0) is 30.4 Å². The van der Waals surface area contributed by atoms with E-state index in [2.05, 4.69) is 40.7 Å². The van der Waals surface area contributed by atoms with E-state index in [1.807, 2.05) is 25.2 Å². The Balaban J connectivity index is 0.000000791. The van der Waals surface area contributed by atoms with Crippen molar-refractivity contribution in [3.05, 3.63) is 21.4 Å². The molecule has 14 heavy (non-hydrogen) atoms. The first-order valence-electron chi connectivity index (χ1n) is 5.62. The molecule has 1 heteroatoms. The third kappa shape index (κ3) is 3.45. The van der Waals surface area contributed by atoms with Gasteiger partial charge in [0.2, 0.25) is 0 Å². The van der Waals surface area contributed by atoms with E-state index in [9.17, 15) is 0 Å². The minimum Gasteiger partial charge on any atom is -0.145 e. The lowest BCUT2D eigenvalue weighted by Gasteiger charge is -2.01. The van der Waals surface area contributed by atoms with Gasteiger partial charge in [-0.1, -0.05) is 41.5 Å². The molecule has 0 atom stereocenters. The first-order valence-corrected chi connectivity index (χ1v) is 6.44. The van der Waals surface area contributed by atoms with E-state index >= 15 is 0 Å². The van der Waals surface area contributed by atoms with Crippen molar-refractivity contribution in [2.75, 3.05) is 0 Å². The lowest BCUT2D eigenvalue weighted by Crippen LogP contribution is -1.85.